The van der Waals surface area contributed by atoms with Gasteiger partial charge in [-0.25, -0.2) is 4.39 Å². The van der Waals surface area contributed by atoms with Crippen molar-refractivity contribution in [1.29, 1.82) is 0 Å². The van der Waals surface area contributed by atoms with Gasteiger partial charge in [-0.15, -0.1) is 0 Å². The summed E-state index contributed by atoms with van der Waals surface area (Å²) in [6.07, 6.45) is 26.7. The zero-order chi connectivity index (χ0) is 25.3. The third kappa shape index (κ3) is 7.23. The SMILES string of the molecule is CCCCOc1ccc(C2CCC(C3C=CC(/C=C/C4CCC(CCC)CC4)CC3)CC2)c(F)c1F. The summed E-state index contributed by atoms with van der Waals surface area (Å²) in [6.45, 7) is 4.80. The molecular weight excluding hydrogens is 450 g/mol. The van der Waals surface area contributed by atoms with Crippen LogP contribution in [0.1, 0.15) is 115 Å². The Morgan fingerprint density at radius 2 is 1.58 bits per heavy atom. The topological polar surface area (TPSA) is 9.23 Å². The van der Waals surface area contributed by atoms with Gasteiger partial charge in [0.1, 0.15) is 0 Å². The molecule has 0 bridgehead atoms. The number of hydrogen-bond donors (Lipinski definition) is 0. The molecule has 2 unspecified atom stereocenters. The average Bonchev–Trinajstić information content (AvgIpc) is 2.91. The molecule has 1 aromatic rings. The quantitative estimate of drug-likeness (QED) is 0.230. The molecule has 0 aromatic heterocycles. The molecule has 0 radical (unpaired) electrons. The second-order valence-electron chi connectivity index (χ2n) is 11.8. The highest BCUT2D eigenvalue weighted by Gasteiger charge is 2.31. The van der Waals surface area contributed by atoms with E-state index in [-0.39, 0.29) is 11.7 Å². The number of rotatable bonds is 10. The molecule has 4 rings (SSSR count). The maximum absolute atomic E-state index is 14.8. The molecule has 200 valence electrons. The zero-order valence-corrected chi connectivity index (χ0v) is 22.7. The van der Waals surface area contributed by atoms with Gasteiger partial charge in [-0.2, -0.15) is 4.39 Å². The number of unbranched alkanes of at least 4 members (excludes halogenated alkanes) is 1. The molecular formula is C33H48F2O. The zero-order valence-electron chi connectivity index (χ0n) is 22.7. The first-order valence-electron chi connectivity index (χ1n) is 15.1. The van der Waals surface area contributed by atoms with Crippen LogP contribution >= 0.6 is 0 Å². The van der Waals surface area contributed by atoms with Crippen molar-refractivity contribution in [2.75, 3.05) is 6.61 Å². The van der Waals surface area contributed by atoms with Crippen molar-refractivity contribution in [3.05, 3.63) is 53.6 Å². The maximum atomic E-state index is 14.8. The monoisotopic (exact) mass is 498 g/mol. The lowest BCUT2D eigenvalue weighted by Crippen LogP contribution is -2.23. The van der Waals surface area contributed by atoms with E-state index in [9.17, 15) is 8.78 Å². The minimum Gasteiger partial charge on any atom is -0.490 e. The molecule has 0 amide bonds. The van der Waals surface area contributed by atoms with Crippen LogP contribution in [-0.2, 0) is 0 Å². The first-order chi connectivity index (χ1) is 17.6. The van der Waals surface area contributed by atoms with E-state index in [1.165, 1.54) is 51.4 Å². The minimum absolute atomic E-state index is 0.0542. The van der Waals surface area contributed by atoms with Crippen molar-refractivity contribution < 1.29 is 13.5 Å². The molecule has 1 nitrogen and oxygen atoms in total. The predicted octanol–water partition coefficient (Wildman–Crippen LogP) is 10.2. The fourth-order valence-electron chi connectivity index (χ4n) is 6.95. The lowest BCUT2D eigenvalue weighted by atomic mass is 9.70. The van der Waals surface area contributed by atoms with Crippen LogP contribution in [0.5, 0.6) is 5.75 Å². The second-order valence-corrected chi connectivity index (χ2v) is 11.8. The highest BCUT2D eigenvalue weighted by atomic mass is 19.2. The molecule has 0 spiro atoms. The molecule has 36 heavy (non-hydrogen) atoms. The predicted molar refractivity (Wildman–Crippen MR) is 146 cm³/mol. The van der Waals surface area contributed by atoms with E-state index in [1.54, 1.807) is 12.1 Å². The van der Waals surface area contributed by atoms with Crippen molar-refractivity contribution in [2.24, 2.45) is 29.6 Å². The summed E-state index contributed by atoms with van der Waals surface area (Å²) < 4.78 is 34.8. The molecule has 0 saturated heterocycles. The summed E-state index contributed by atoms with van der Waals surface area (Å²) in [6, 6.07) is 3.39. The maximum Gasteiger partial charge on any atom is 0.200 e. The Morgan fingerprint density at radius 3 is 2.25 bits per heavy atom. The van der Waals surface area contributed by atoms with Crippen LogP contribution in [0.25, 0.3) is 0 Å². The second kappa shape index (κ2) is 13.8. The Balaban J connectivity index is 1.23. The number of hydrogen-bond acceptors (Lipinski definition) is 1. The van der Waals surface area contributed by atoms with Gasteiger partial charge in [0.05, 0.1) is 6.61 Å². The van der Waals surface area contributed by atoms with Crippen LogP contribution in [0.15, 0.2) is 36.4 Å². The van der Waals surface area contributed by atoms with Gasteiger partial charge in [0.2, 0.25) is 5.82 Å². The molecule has 2 fully saturated rings. The van der Waals surface area contributed by atoms with E-state index in [4.69, 9.17) is 4.74 Å². The van der Waals surface area contributed by atoms with Crippen molar-refractivity contribution in [1.82, 2.24) is 0 Å². The van der Waals surface area contributed by atoms with Crippen molar-refractivity contribution in [3.63, 3.8) is 0 Å². The molecule has 0 aliphatic heterocycles. The Labute approximate surface area is 218 Å². The standard InChI is InChI=1S/C33H48F2O/c1-3-5-23-36-31-22-21-30(32(34)33(31)35)29-19-17-28(18-20-29)27-15-13-26(14-16-27)12-11-25-9-7-24(6-4-2)8-10-25/h11-13,15,21-22,24-29H,3-10,14,16-20,23H2,1-2H3/b12-11+. The van der Waals surface area contributed by atoms with Gasteiger partial charge in [0, 0.05) is 0 Å². The van der Waals surface area contributed by atoms with Gasteiger partial charge in [-0.3, -0.25) is 0 Å². The van der Waals surface area contributed by atoms with Crippen molar-refractivity contribution >= 4 is 0 Å². The van der Waals surface area contributed by atoms with Gasteiger partial charge in [0.15, 0.2) is 11.6 Å². The number of ether oxygens (including phenoxy) is 1. The van der Waals surface area contributed by atoms with E-state index < -0.39 is 11.6 Å². The number of benzene rings is 1. The summed E-state index contributed by atoms with van der Waals surface area (Å²) in [5.74, 6) is 2.37. The molecule has 1 aromatic carbocycles. The molecule has 2 saturated carbocycles. The lowest BCUT2D eigenvalue weighted by Gasteiger charge is -2.35. The molecule has 0 heterocycles. The summed E-state index contributed by atoms with van der Waals surface area (Å²) in [5, 5.41) is 0. The largest absolute Gasteiger partial charge is 0.490 e. The summed E-state index contributed by atoms with van der Waals surface area (Å²) >= 11 is 0. The molecule has 0 N–H and O–H groups in total. The highest BCUT2D eigenvalue weighted by molar-refractivity contribution is 5.33. The van der Waals surface area contributed by atoms with Gasteiger partial charge in [0.25, 0.3) is 0 Å². The Hall–Kier alpha value is -1.64. The summed E-state index contributed by atoms with van der Waals surface area (Å²) in [7, 11) is 0. The third-order valence-electron chi connectivity index (χ3n) is 9.31. The van der Waals surface area contributed by atoms with E-state index in [0.29, 0.717) is 29.9 Å². The van der Waals surface area contributed by atoms with E-state index in [0.717, 1.165) is 50.4 Å². The van der Waals surface area contributed by atoms with Crippen LogP contribution in [-0.4, -0.2) is 6.61 Å². The Bertz CT molecular complexity index is 859. The first-order valence-corrected chi connectivity index (χ1v) is 15.1. The van der Waals surface area contributed by atoms with Crippen LogP contribution in [0.3, 0.4) is 0 Å². The van der Waals surface area contributed by atoms with Crippen molar-refractivity contribution in [3.8, 4) is 5.75 Å². The van der Waals surface area contributed by atoms with E-state index >= 15 is 0 Å². The Kier molecular flexibility index (Phi) is 10.5. The number of halogens is 2. The molecule has 3 heteroatoms. The number of allylic oxidation sites excluding steroid dienone is 4. The highest BCUT2D eigenvalue weighted by Crippen LogP contribution is 2.43. The normalized spacial score (nSPS) is 31.1. The van der Waals surface area contributed by atoms with Crippen LogP contribution < -0.4 is 4.74 Å². The fourth-order valence-corrected chi connectivity index (χ4v) is 6.95. The first kappa shape index (κ1) is 27.4. The van der Waals surface area contributed by atoms with E-state index in [2.05, 4.69) is 38.2 Å². The van der Waals surface area contributed by atoms with Gasteiger partial charge in [-0.05, 0) is 118 Å². The molecule has 3 aliphatic rings. The fraction of sp³-hybridized carbons (Fsp3) is 0.697. The van der Waals surface area contributed by atoms with Crippen LogP contribution in [0, 0.1) is 41.2 Å². The van der Waals surface area contributed by atoms with Crippen molar-refractivity contribution in [2.45, 2.75) is 110 Å². The molecule has 2 atom stereocenters. The molecule has 3 aliphatic carbocycles. The summed E-state index contributed by atoms with van der Waals surface area (Å²) in [4.78, 5) is 0. The minimum atomic E-state index is -0.811. The van der Waals surface area contributed by atoms with Crippen LogP contribution in [0.4, 0.5) is 8.78 Å². The summed E-state index contributed by atoms with van der Waals surface area (Å²) in [5.41, 5.74) is 0.543. The van der Waals surface area contributed by atoms with Gasteiger partial charge >= 0.3 is 0 Å². The third-order valence-corrected chi connectivity index (χ3v) is 9.31. The lowest BCUT2D eigenvalue weighted by molar-refractivity contribution is 0.241. The smallest absolute Gasteiger partial charge is 0.200 e. The Morgan fingerprint density at radius 1 is 0.806 bits per heavy atom. The van der Waals surface area contributed by atoms with Crippen LogP contribution in [0.2, 0.25) is 0 Å². The van der Waals surface area contributed by atoms with Gasteiger partial charge in [-0.1, -0.05) is 63.5 Å². The average molecular weight is 499 g/mol. The van der Waals surface area contributed by atoms with Gasteiger partial charge < -0.3 is 4.74 Å². The van der Waals surface area contributed by atoms with E-state index in [1.807, 2.05) is 0 Å².